The number of rotatable bonds is 3. The zero-order valence-electron chi connectivity index (χ0n) is 11.9. The first-order valence-corrected chi connectivity index (χ1v) is 7.12. The molecule has 4 nitrogen and oxygen atoms in total. The lowest BCUT2D eigenvalue weighted by Gasteiger charge is -2.00. The van der Waals surface area contributed by atoms with Gasteiger partial charge in [0, 0.05) is 21.7 Å². The highest BCUT2D eigenvalue weighted by Gasteiger charge is 2.15. The number of nitrogens with one attached hydrogen (secondary N) is 1. The third-order valence-electron chi connectivity index (χ3n) is 3.11. The lowest BCUT2D eigenvalue weighted by Crippen LogP contribution is -2.08. The normalized spacial score (nSPS) is 10.7. The summed E-state index contributed by atoms with van der Waals surface area (Å²) >= 11 is 11.8. The summed E-state index contributed by atoms with van der Waals surface area (Å²) in [6, 6.07) is 6.99. The maximum absolute atomic E-state index is 11.9. The highest BCUT2D eigenvalue weighted by atomic mass is 35.5. The van der Waals surface area contributed by atoms with Crippen LogP contribution in [0.3, 0.4) is 0 Å². The van der Waals surface area contributed by atoms with Gasteiger partial charge in [-0.3, -0.25) is 10.1 Å². The third-order valence-corrected chi connectivity index (χ3v) is 3.67. The van der Waals surface area contributed by atoms with E-state index in [2.05, 4.69) is 5.32 Å². The van der Waals surface area contributed by atoms with Crippen molar-refractivity contribution in [1.82, 2.24) is 0 Å². The Labute approximate surface area is 137 Å². The highest BCUT2D eigenvalue weighted by molar-refractivity contribution is 6.35. The van der Waals surface area contributed by atoms with E-state index < -0.39 is 5.91 Å². The van der Waals surface area contributed by atoms with Crippen LogP contribution in [0.2, 0.25) is 10.0 Å². The first kappa shape index (κ1) is 16.2. The number of furan rings is 1. The van der Waals surface area contributed by atoms with Crippen molar-refractivity contribution in [3.8, 4) is 6.07 Å². The van der Waals surface area contributed by atoms with E-state index in [9.17, 15) is 4.79 Å². The fraction of sp³-hybridized carbons (Fsp3) is 0.125. The predicted molar refractivity (Wildman–Crippen MR) is 87.0 cm³/mol. The largest absolute Gasteiger partial charge is 0.444 e. The molecular weight excluding hydrogens is 323 g/mol. The molecule has 2 rings (SSSR count). The zero-order chi connectivity index (χ0) is 16.3. The number of hydrogen-bond acceptors (Lipinski definition) is 3. The van der Waals surface area contributed by atoms with Crippen LogP contribution in [0.4, 0.5) is 5.88 Å². The zero-order valence-corrected chi connectivity index (χ0v) is 13.4. The van der Waals surface area contributed by atoms with Crippen LogP contribution < -0.4 is 5.32 Å². The number of benzene rings is 1. The summed E-state index contributed by atoms with van der Waals surface area (Å²) in [5.41, 5.74) is 1.69. The molecule has 0 fully saturated rings. The molecule has 0 saturated carbocycles. The monoisotopic (exact) mass is 334 g/mol. The SMILES string of the molecule is Cc1oc(NC(=O)/C=C/c2ccc(Cl)cc2Cl)c(C#N)c1C. The number of carbonyl (C=O) groups excluding carboxylic acids is 1. The minimum Gasteiger partial charge on any atom is -0.444 e. The predicted octanol–water partition coefficient (Wildman–Crippen LogP) is 4.73. The molecule has 0 bridgehead atoms. The summed E-state index contributed by atoms with van der Waals surface area (Å²) in [7, 11) is 0. The lowest BCUT2D eigenvalue weighted by atomic mass is 10.2. The van der Waals surface area contributed by atoms with Crippen molar-refractivity contribution in [3.63, 3.8) is 0 Å². The number of carbonyl (C=O) groups is 1. The second-order valence-electron chi connectivity index (χ2n) is 4.59. The van der Waals surface area contributed by atoms with E-state index >= 15 is 0 Å². The fourth-order valence-electron chi connectivity index (χ4n) is 1.81. The molecule has 6 heteroatoms. The number of aryl methyl sites for hydroxylation is 1. The number of nitrogens with zero attached hydrogens (tertiary/aromatic N) is 1. The van der Waals surface area contributed by atoms with Gasteiger partial charge in [0.1, 0.15) is 17.4 Å². The Morgan fingerprint density at radius 1 is 1.36 bits per heavy atom. The van der Waals surface area contributed by atoms with Crippen LogP contribution >= 0.6 is 23.2 Å². The van der Waals surface area contributed by atoms with E-state index in [1.807, 2.05) is 6.07 Å². The quantitative estimate of drug-likeness (QED) is 0.825. The van der Waals surface area contributed by atoms with Crippen LogP contribution in [0.5, 0.6) is 0 Å². The molecule has 0 radical (unpaired) electrons. The summed E-state index contributed by atoms with van der Waals surface area (Å²) in [4.78, 5) is 11.9. The van der Waals surface area contributed by atoms with Crippen LogP contribution in [-0.2, 0) is 4.79 Å². The van der Waals surface area contributed by atoms with Gasteiger partial charge in [-0.25, -0.2) is 0 Å². The van der Waals surface area contributed by atoms with Crippen molar-refractivity contribution in [2.75, 3.05) is 5.32 Å². The number of nitriles is 1. The van der Waals surface area contributed by atoms with Crippen LogP contribution in [0.15, 0.2) is 28.7 Å². The average molecular weight is 335 g/mol. The molecule has 0 saturated heterocycles. The molecule has 0 unspecified atom stereocenters. The van der Waals surface area contributed by atoms with Crippen molar-refractivity contribution in [2.45, 2.75) is 13.8 Å². The van der Waals surface area contributed by atoms with Gasteiger partial charge in [0.25, 0.3) is 5.91 Å². The second kappa shape index (κ2) is 6.69. The number of anilines is 1. The van der Waals surface area contributed by atoms with Crippen molar-refractivity contribution in [1.29, 1.82) is 5.26 Å². The van der Waals surface area contributed by atoms with Gasteiger partial charge in [-0.1, -0.05) is 29.3 Å². The third kappa shape index (κ3) is 3.51. The minimum absolute atomic E-state index is 0.148. The summed E-state index contributed by atoms with van der Waals surface area (Å²) in [5.74, 6) is 0.321. The molecule has 1 aromatic carbocycles. The minimum atomic E-state index is -0.420. The van der Waals surface area contributed by atoms with Gasteiger partial charge in [-0.2, -0.15) is 5.26 Å². The Hall–Kier alpha value is -2.22. The van der Waals surface area contributed by atoms with E-state index in [0.717, 1.165) is 0 Å². The van der Waals surface area contributed by atoms with Gasteiger partial charge >= 0.3 is 0 Å². The Bertz CT molecular complexity index is 801. The number of halogens is 2. The Kier molecular flexibility index (Phi) is 4.92. The Morgan fingerprint density at radius 2 is 2.09 bits per heavy atom. The molecule has 0 aliphatic carbocycles. The van der Waals surface area contributed by atoms with Gasteiger partial charge in [0.2, 0.25) is 5.88 Å². The van der Waals surface area contributed by atoms with E-state index in [1.54, 1.807) is 38.1 Å². The number of hydrogen-bond donors (Lipinski definition) is 1. The van der Waals surface area contributed by atoms with Crippen LogP contribution in [-0.4, -0.2) is 5.91 Å². The molecule has 112 valence electrons. The molecule has 22 heavy (non-hydrogen) atoms. The molecular formula is C16H12Cl2N2O2. The first-order valence-electron chi connectivity index (χ1n) is 6.36. The van der Waals surface area contributed by atoms with Crippen LogP contribution in [0.1, 0.15) is 22.5 Å². The van der Waals surface area contributed by atoms with E-state index in [-0.39, 0.29) is 5.88 Å². The molecule has 1 aromatic heterocycles. The molecule has 0 spiro atoms. The summed E-state index contributed by atoms with van der Waals surface area (Å²) in [5, 5.41) is 12.6. The van der Waals surface area contributed by atoms with E-state index in [4.69, 9.17) is 32.9 Å². The Balaban J connectivity index is 2.15. The van der Waals surface area contributed by atoms with Crippen molar-refractivity contribution in [3.05, 3.63) is 56.8 Å². The maximum Gasteiger partial charge on any atom is 0.250 e. The number of amides is 1. The molecule has 0 atom stereocenters. The second-order valence-corrected chi connectivity index (χ2v) is 5.43. The maximum atomic E-state index is 11.9. The van der Waals surface area contributed by atoms with Crippen molar-refractivity contribution in [2.24, 2.45) is 0 Å². The highest BCUT2D eigenvalue weighted by Crippen LogP contribution is 2.25. The van der Waals surface area contributed by atoms with E-state index in [0.29, 0.717) is 32.5 Å². The smallest absolute Gasteiger partial charge is 0.250 e. The summed E-state index contributed by atoms with van der Waals surface area (Å²) < 4.78 is 5.37. The fourth-order valence-corrected chi connectivity index (χ4v) is 2.28. The van der Waals surface area contributed by atoms with Gasteiger partial charge < -0.3 is 4.42 Å². The molecule has 0 aliphatic rings. The molecule has 0 aliphatic heterocycles. The van der Waals surface area contributed by atoms with E-state index in [1.165, 1.54) is 6.08 Å². The van der Waals surface area contributed by atoms with Gasteiger partial charge in [-0.15, -0.1) is 0 Å². The van der Waals surface area contributed by atoms with Gasteiger partial charge in [0.15, 0.2) is 0 Å². The van der Waals surface area contributed by atoms with Crippen molar-refractivity contribution < 1.29 is 9.21 Å². The van der Waals surface area contributed by atoms with Crippen molar-refractivity contribution >= 4 is 41.1 Å². The topological polar surface area (TPSA) is 66.0 Å². The Morgan fingerprint density at radius 3 is 2.73 bits per heavy atom. The van der Waals surface area contributed by atoms with Crippen LogP contribution in [0.25, 0.3) is 6.08 Å². The molecule has 1 heterocycles. The first-order chi connectivity index (χ1) is 10.4. The molecule has 2 aromatic rings. The lowest BCUT2D eigenvalue weighted by molar-refractivity contribution is -0.111. The van der Waals surface area contributed by atoms with Crippen LogP contribution in [0, 0.1) is 25.2 Å². The molecule has 1 N–H and O–H groups in total. The standard InChI is InChI=1S/C16H12Cl2N2O2/c1-9-10(2)22-16(13(9)8-19)20-15(21)6-4-11-3-5-12(17)7-14(11)18/h3-7H,1-2H3,(H,20,21)/b6-4+. The summed E-state index contributed by atoms with van der Waals surface area (Å²) in [6.07, 6.45) is 2.87. The van der Waals surface area contributed by atoms with Gasteiger partial charge in [0.05, 0.1) is 0 Å². The molecule has 1 amide bonds. The summed E-state index contributed by atoms with van der Waals surface area (Å²) in [6.45, 7) is 3.49. The van der Waals surface area contributed by atoms with Gasteiger partial charge in [-0.05, 0) is 37.6 Å². The average Bonchev–Trinajstić information content (AvgIpc) is 2.72.